The lowest BCUT2D eigenvalue weighted by Crippen LogP contribution is -2.24. The molecule has 0 aliphatic rings. The molecule has 3 heterocycles. The smallest absolute Gasteiger partial charge is 0.253 e. The number of carbonyl (C=O) groups is 1. The number of nitrogens with zero attached hydrogens (tertiary/aromatic N) is 2. The fourth-order valence-corrected chi connectivity index (χ4v) is 2.13. The molecule has 0 radical (unpaired) electrons. The predicted molar refractivity (Wildman–Crippen MR) is 82.1 cm³/mol. The van der Waals surface area contributed by atoms with E-state index in [1.807, 2.05) is 31.2 Å². The molecule has 0 aromatic carbocycles. The molecule has 0 fully saturated rings. The summed E-state index contributed by atoms with van der Waals surface area (Å²) in [5.74, 6) is 0.519. The molecule has 110 valence electrons. The molecule has 3 aromatic heterocycles. The Morgan fingerprint density at radius 3 is 2.77 bits per heavy atom. The third kappa shape index (κ3) is 3.03. The average molecular weight is 293 g/mol. The van der Waals surface area contributed by atoms with Crippen molar-refractivity contribution in [2.45, 2.75) is 13.5 Å². The second-order valence-electron chi connectivity index (χ2n) is 4.81. The third-order valence-electron chi connectivity index (χ3n) is 3.26. The molecule has 0 atom stereocenters. The zero-order valence-corrected chi connectivity index (χ0v) is 12.1. The fourth-order valence-electron chi connectivity index (χ4n) is 2.13. The van der Waals surface area contributed by atoms with Gasteiger partial charge < -0.3 is 9.73 Å². The van der Waals surface area contributed by atoms with Gasteiger partial charge in [-0.15, -0.1) is 0 Å². The zero-order valence-electron chi connectivity index (χ0n) is 12.1. The van der Waals surface area contributed by atoms with Crippen LogP contribution in [0, 0.1) is 6.92 Å². The molecule has 0 saturated heterocycles. The first kappa shape index (κ1) is 14.0. The van der Waals surface area contributed by atoms with Crippen LogP contribution in [0.2, 0.25) is 0 Å². The van der Waals surface area contributed by atoms with Crippen molar-refractivity contribution >= 4 is 5.91 Å². The molecule has 5 nitrogen and oxygen atoms in total. The van der Waals surface area contributed by atoms with Gasteiger partial charge in [-0.2, -0.15) is 0 Å². The second kappa shape index (κ2) is 6.22. The normalized spacial score (nSPS) is 10.4. The number of aromatic nitrogens is 2. The zero-order chi connectivity index (χ0) is 15.4. The van der Waals surface area contributed by atoms with Crippen LogP contribution in [0.1, 0.15) is 21.7 Å². The molecule has 0 spiro atoms. The van der Waals surface area contributed by atoms with Crippen LogP contribution >= 0.6 is 0 Å². The number of hydrogen-bond acceptors (Lipinski definition) is 4. The van der Waals surface area contributed by atoms with Crippen molar-refractivity contribution in [1.82, 2.24) is 15.3 Å². The van der Waals surface area contributed by atoms with Crippen molar-refractivity contribution < 1.29 is 9.21 Å². The van der Waals surface area contributed by atoms with Crippen LogP contribution in [0.4, 0.5) is 0 Å². The second-order valence-corrected chi connectivity index (χ2v) is 4.81. The first-order valence-corrected chi connectivity index (χ1v) is 6.93. The van der Waals surface area contributed by atoms with Gasteiger partial charge in [0.05, 0.1) is 29.8 Å². The van der Waals surface area contributed by atoms with Gasteiger partial charge in [-0.1, -0.05) is 6.07 Å². The lowest BCUT2D eigenvalue weighted by Gasteiger charge is -2.08. The molecule has 0 aliphatic heterocycles. The highest BCUT2D eigenvalue weighted by molar-refractivity contribution is 5.95. The third-order valence-corrected chi connectivity index (χ3v) is 3.26. The van der Waals surface area contributed by atoms with Crippen molar-refractivity contribution in [3.63, 3.8) is 0 Å². The highest BCUT2D eigenvalue weighted by atomic mass is 16.3. The fraction of sp³-hybridized carbons (Fsp3) is 0.118. The van der Waals surface area contributed by atoms with Gasteiger partial charge in [-0.3, -0.25) is 9.78 Å². The Bertz CT molecular complexity index is 768. The number of nitrogens with one attached hydrogen (secondary N) is 1. The van der Waals surface area contributed by atoms with E-state index in [9.17, 15) is 4.79 Å². The monoisotopic (exact) mass is 293 g/mol. The first-order valence-electron chi connectivity index (χ1n) is 6.93. The SMILES string of the molecule is Cc1nc(-c2ccco2)ccc1C(=O)NCc1ccccn1. The van der Waals surface area contributed by atoms with Crippen molar-refractivity contribution in [2.24, 2.45) is 0 Å². The van der Waals surface area contributed by atoms with E-state index in [2.05, 4.69) is 15.3 Å². The van der Waals surface area contributed by atoms with E-state index >= 15 is 0 Å². The van der Waals surface area contributed by atoms with Gasteiger partial charge in [0.25, 0.3) is 5.91 Å². The molecule has 0 aliphatic carbocycles. The number of rotatable bonds is 4. The quantitative estimate of drug-likeness (QED) is 0.803. The molecule has 1 N–H and O–H groups in total. The topological polar surface area (TPSA) is 68.0 Å². The Morgan fingerprint density at radius 1 is 1.18 bits per heavy atom. The van der Waals surface area contributed by atoms with Crippen molar-refractivity contribution in [3.05, 3.63) is 71.9 Å². The average Bonchev–Trinajstić information content (AvgIpc) is 3.08. The minimum atomic E-state index is -0.165. The maximum Gasteiger partial charge on any atom is 0.253 e. The summed E-state index contributed by atoms with van der Waals surface area (Å²) >= 11 is 0. The summed E-state index contributed by atoms with van der Waals surface area (Å²) in [6.45, 7) is 2.20. The molecule has 3 aromatic rings. The Balaban J connectivity index is 1.73. The Kier molecular flexibility index (Phi) is 3.96. The summed E-state index contributed by atoms with van der Waals surface area (Å²) < 4.78 is 5.31. The van der Waals surface area contributed by atoms with Crippen LogP contribution < -0.4 is 5.32 Å². The number of furan rings is 1. The van der Waals surface area contributed by atoms with E-state index in [1.54, 1.807) is 30.7 Å². The van der Waals surface area contributed by atoms with Gasteiger partial charge in [-0.05, 0) is 43.3 Å². The number of pyridine rings is 2. The summed E-state index contributed by atoms with van der Waals surface area (Å²) in [6, 6.07) is 12.8. The van der Waals surface area contributed by atoms with Crippen LogP contribution in [-0.2, 0) is 6.54 Å². The molecule has 0 unspecified atom stereocenters. The number of aryl methyl sites for hydroxylation is 1. The van der Waals surface area contributed by atoms with Crippen LogP contribution in [0.25, 0.3) is 11.5 Å². The van der Waals surface area contributed by atoms with Crippen LogP contribution in [0.3, 0.4) is 0 Å². The summed E-state index contributed by atoms with van der Waals surface area (Å²) in [5.41, 5.74) is 2.73. The number of hydrogen-bond donors (Lipinski definition) is 1. The van der Waals surface area contributed by atoms with Crippen molar-refractivity contribution in [3.8, 4) is 11.5 Å². The number of amides is 1. The molecular formula is C17H15N3O2. The Hall–Kier alpha value is -2.95. The molecule has 3 rings (SSSR count). The van der Waals surface area contributed by atoms with E-state index in [0.717, 1.165) is 5.69 Å². The van der Waals surface area contributed by atoms with Gasteiger partial charge in [0, 0.05) is 6.20 Å². The molecule has 0 bridgehead atoms. The summed E-state index contributed by atoms with van der Waals surface area (Å²) in [7, 11) is 0. The van der Waals surface area contributed by atoms with E-state index in [0.29, 0.717) is 29.3 Å². The van der Waals surface area contributed by atoms with E-state index in [4.69, 9.17) is 4.42 Å². The lowest BCUT2D eigenvalue weighted by molar-refractivity contribution is 0.0949. The Morgan fingerprint density at radius 2 is 2.09 bits per heavy atom. The van der Waals surface area contributed by atoms with Crippen molar-refractivity contribution in [1.29, 1.82) is 0 Å². The van der Waals surface area contributed by atoms with Gasteiger partial charge in [-0.25, -0.2) is 4.98 Å². The van der Waals surface area contributed by atoms with Crippen LogP contribution in [-0.4, -0.2) is 15.9 Å². The standard InChI is InChI=1S/C17H15N3O2/c1-12-14(7-8-15(20-12)16-6-4-10-22-16)17(21)19-11-13-5-2-3-9-18-13/h2-10H,11H2,1H3,(H,19,21). The first-order chi connectivity index (χ1) is 10.7. The summed E-state index contributed by atoms with van der Waals surface area (Å²) in [5, 5.41) is 2.85. The molecule has 22 heavy (non-hydrogen) atoms. The predicted octanol–water partition coefficient (Wildman–Crippen LogP) is 2.98. The molecule has 1 amide bonds. The van der Waals surface area contributed by atoms with Gasteiger partial charge >= 0.3 is 0 Å². The highest BCUT2D eigenvalue weighted by Gasteiger charge is 2.12. The van der Waals surface area contributed by atoms with Crippen LogP contribution in [0.5, 0.6) is 0 Å². The van der Waals surface area contributed by atoms with E-state index in [1.165, 1.54) is 0 Å². The summed E-state index contributed by atoms with van der Waals surface area (Å²) in [6.07, 6.45) is 3.30. The number of carbonyl (C=O) groups excluding carboxylic acids is 1. The maximum atomic E-state index is 12.2. The molecule has 0 saturated carbocycles. The largest absolute Gasteiger partial charge is 0.463 e. The highest BCUT2D eigenvalue weighted by Crippen LogP contribution is 2.19. The van der Waals surface area contributed by atoms with Gasteiger partial charge in [0.2, 0.25) is 0 Å². The van der Waals surface area contributed by atoms with E-state index in [-0.39, 0.29) is 5.91 Å². The van der Waals surface area contributed by atoms with E-state index < -0.39 is 0 Å². The van der Waals surface area contributed by atoms with Gasteiger partial charge in [0.1, 0.15) is 5.69 Å². The lowest BCUT2D eigenvalue weighted by atomic mass is 10.1. The van der Waals surface area contributed by atoms with Crippen molar-refractivity contribution in [2.75, 3.05) is 0 Å². The van der Waals surface area contributed by atoms with Gasteiger partial charge in [0.15, 0.2) is 5.76 Å². The summed E-state index contributed by atoms with van der Waals surface area (Å²) in [4.78, 5) is 20.8. The van der Waals surface area contributed by atoms with Crippen LogP contribution in [0.15, 0.2) is 59.3 Å². The maximum absolute atomic E-state index is 12.2. The Labute approximate surface area is 128 Å². The molecular weight excluding hydrogens is 278 g/mol. The minimum absolute atomic E-state index is 0.165. The minimum Gasteiger partial charge on any atom is -0.463 e. The molecule has 5 heteroatoms.